The van der Waals surface area contributed by atoms with Crippen LogP contribution in [0.1, 0.15) is 26.3 Å². The molecule has 4 nitrogen and oxygen atoms in total. The molecule has 2 aromatic rings. The van der Waals surface area contributed by atoms with Crippen LogP contribution in [-0.4, -0.2) is 24.6 Å². The average molecular weight is 400 g/mol. The Hall–Kier alpha value is -2.92. The first-order valence-electron chi connectivity index (χ1n) is 8.82. The lowest BCUT2D eigenvalue weighted by atomic mass is 9.98. The molecule has 0 heterocycles. The summed E-state index contributed by atoms with van der Waals surface area (Å²) in [5.41, 5.74) is 1.36. The van der Waals surface area contributed by atoms with Crippen molar-refractivity contribution in [2.24, 2.45) is 5.92 Å². The molecule has 0 bridgehead atoms. The Bertz CT molecular complexity index is 911. The maximum Gasteiger partial charge on any atom is 0.338 e. The average Bonchev–Trinajstić information content (AvgIpc) is 2.72. The number of esters is 1. The first-order chi connectivity index (χ1) is 13.6. The minimum Gasteiger partial charge on any atom is -0.457 e. The third kappa shape index (κ3) is 4.87. The minimum atomic E-state index is -1.25. The van der Waals surface area contributed by atoms with Crippen molar-refractivity contribution in [2.45, 2.75) is 12.8 Å². The molecule has 2 aromatic carbocycles. The summed E-state index contributed by atoms with van der Waals surface area (Å²) in [6.07, 6.45) is 3.33. The number of carbonyl (C=O) groups is 2. The van der Waals surface area contributed by atoms with Gasteiger partial charge in [0.05, 0.1) is 5.56 Å². The zero-order valence-corrected chi connectivity index (χ0v) is 15.7. The van der Waals surface area contributed by atoms with Gasteiger partial charge in [-0.2, -0.15) is 0 Å². The molecule has 28 heavy (non-hydrogen) atoms. The van der Waals surface area contributed by atoms with E-state index >= 15 is 0 Å². The van der Waals surface area contributed by atoms with E-state index in [9.17, 15) is 14.0 Å². The van der Waals surface area contributed by atoms with Gasteiger partial charge in [0.2, 0.25) is 0 Å². The van der Waals surface area contributed by atoms with Gasteiger partial charge in [0.15, 0.2) is 0 Å². The maximum atomic E-state index is 14.0. The molecule has 0 saturated heterocycles. The highest BCUT2D eigenvalue weighted by molar-refractivity contribution is 6.30. The quantitative estimate of drug-likeness (QED) is 0.731. The molecular weight excluding hydrogens is 381 g/mol. The second kappa shape index (κ2) is 9.33. The van der Waals surface area contributed by atoms with Crippen LogP contribution < -0.4 is 5.32 Å². The number of halogens is 2. The topological polar surface area (TPSA) is 55.4 Å². The van der Waals surface area contributed by atoms with Crippen molar-refractivity contribution in [3.63, 3.8) is 0 Å². The monoisotopic (exact) mass is 399 g/mol. The Kier molecular flexibility index (Phi) is 6.61. The first kappa shape index (κ1) is 19.8. The van der Waals surface area contributed by atoms with Crippen LogP contribution in [0.25, 0.3) is 0 Å². The number of alkyl halides is 1. The van der Waals surface area contributed by atoms with Crippen molar-refractivity contribution in [3.8, 4) is 0 Å². The zero-order valence-electron chi connectivity index (χ0n) is 15.0. The normalized spacial score (nSPS) is 18.3. The van der Waals surface area contributed by atoms with Gasteiger partial charge in [-0.3, -0.25) is 4.79 Å². The van der Waals surface area contributed by atoms with E-state index in [1.165, 1.54) is 6.08 Å². The number of benzene rings is 2. The van der Waals surface area contributed by atoms with Crippen LogP contribution in [0.3, 0.4) is 0 Å². The molecule has 0 fully saturated rings. The SMILES string of the molecule is O=C(OCc1ccccc1C(=O)NCC1C(Cl)=CC=CC1F)c1ccccc1. The van der Waals surface area contributed by atoms with Crippen LogP contribution in [0, 0.1) is 5.92 Å². The zero-order chi connectivity index (χ0) is 19.9. The maximum absolute atomic E-state index is 14.0. The fourth-order valence-electron chi connectivity index (χ4n) is 2.84. The van der Waals surface area contributed by atoms with Crippen molar-refractivity contribution < 1.29 is 18.7 Å². The van der Waals surface area contributed by atoms with Crippen LogP contribution in [0.2, 0.25) is 0 Å². The summed E-state index contributed by atoms with van der Waals surface area (Å²) in [6, 6.07) is 15.4. The van der Waals surface area contributed by atoms with E-state index in [0.29, 0.717) is 21.7 Å². The summed E-state index contributed by atoms with van der Waals surface area (Å²) < 4.78 is 19.3. The molecule has 2 unspecified atom stereocenters. The lowest BCUT2D eigenvalue weighted by molar-refractivity contribution is 0.0470. The van der Waals surface area contributed by atoms with Crippen molar-refractivity contribution in [1.82, 2.24) is 5.32 Å². The number of hydrogen-bond acceptors (Lipinski definition) is 3. The van der Waals surface area contributed by atoms with E-state index in [1.54, 1.807) is 60.7 Å². The van der Waals surface area contributed by atoms with E-state index in [2.05, 4.69) is 5.32 Å². The summed E-state index contributed by atoms with van der Waals surface area (Å²) in [6.45, 7) is 0.0215. The van der Waals surface area contributed by atoms with Crippen molar-refractivity contribution >= 4 is 23.5 Å². The second-order valence-corrected chi connectivity index (χ2v) is 6.73. The van der Waals surface area contributed by atoms with E-state index < -0.39 is 18.1 Å². The first-order valence-corrected chi connectivity index (χ1v) is 9.20. The van der Waals surface area contributed by atoms with Gasteiger partial charge < -0.3 is 10.1 Å². The van der Waals surface area contributed by atoms with E-state index in [0.717, 1.165) is 0 Å². The van der Waals surface area contributed by atoms with Gasteiger partial charge in [0, 0.05) is 28.6 Å². The van der Waals surface area contributed by atoms with Gasteiger partial charge >= 0.3 is 5.97 Å². The predicted octanol–water partition coefficient (Wildman–Crippen LogP) is 4.42. The molecule has 144 valence electrons. The number of nitrogens with one attached hydrogen (secondary N) is 1. The van der Waals surface area contributed by atoms with E-state index in [-0.39, 0.29) is 19.1 Å². The van der Waals surface area contributed by atoms with Crippen LogP contribution in [0.15, 0.2) is 77.9 Å². The Morgan fingerprint density at radius 2 is 1.79 bits per heavy atom. The van der Waals surface area contributed by atoms with Crippen molar-refractivity contribution in [1.29, 1.82) is 0 Å². The van der Waals surface area contributed by atoms with Crippen LogP contribution in [0.5, 0.6) is 0 Å². The molecule has 1 N–H and O–H groups in total. The van der Waals surface area contributed by atoms with Crippen LogP contribution >= 0.6 is 11.6 Å². The standard InChI is InChI=1S/C22H19ClFNO3/c23-19-11-6-12-20(24)18(19)13-25-21(26)17-10-5-4-9-16(17)14-28-22(27)15-7-2-1-3-8-15/h1-12,18,20H,13-14H2,(H,25,26). The number of hydrogen-bond donors (Lipinski definition) is 1. The largest absolute Gasteiger partial charge is 0.457 e. The molecule has 1 aliphatic carbocycles. The molecule has 2 atom stereocenters. The molecule has 1 aliphatic rings. The highest BCUT2D eigenvalue weighted by Gasteiger charge is 2.25. The number of carbonyl (C=O) groups excluding carboxylic acids is 2. The molecule has 0 spiro atoms. The van der Waals surface area contributed by atoms with E-state index in [4.69, 9.17) is 16.3 Å². The highest BCUT2D eigenvalue weighted by Crippen LogP contribution is 2.26. The van der Waals surface area contributed by atoms with Crippen molar-refractivity contribution in [2.75, 3.05) is 6.54 Å². The fourth-order valence-corrected chi connectivity index (χ4v) is 3.11. The number of allylic oxidation sites excluding steroid dienone is 3. The fraction of sp³-hybridized carbons (Fsp3) is 0.182. The van der Waals surface area contributed by atoms with Gasteiger partial charge in [-0.05, 0) is 30.4 Å². The molecule has 0 saturated carbocycles. The Labute approximate surface area is 167 Å². The smallest absolute Gasteiger partial charge is 0.338 e. The molecule has 0 radical (unpaired) electrons. The van der Waals surface area contributed by atoms with Gasteiger partial charge in [-0.15, -0.1) is 0 Å². The molecule has 0 aliphatic heterocycles. The minimum absolute atomic E-state index is 0.0458. The highest BCUT2D eigenvalue weighted by atomic mass is 35.5. The third-order valence-electron chi connectivity index (χ3n) is 4.40. The van der Waals surface area contributed by atoms with Gasteiger partial charge in [-0.1, -0.05) is 54.1 Å². The molecule has 0 aromatic heterocycles. The predicted molar refractivity (Wildman–Crippen MR) is 106 cm³/mol. The Morgan fingerprint density at radius 1 is 1.07 bits per heavy atom. The van der Waals surface area contributed by atoms with Crippen LogP contribution in [-0.2, 0) is 11.3 Å². The molecule has 6 heteroatoms. The Morgan fingerprint density at radius 3 is 2.54 bits per heavy atom. The molecule has 1 amide bonds. The summed E-state index contributed by atoms with van der Waals surface area (Å²) in [7, 11) is 0. The second-order valence-electron chi connectivity index (χ2n) is 6.30. The van der Waals surface area contributed by atoms with Crippen molar-refractivity contribution in [3.05, 3.63) is 94.5 Å². The number of rotatable bonds is 6. The third-order valence-corrected chi connectivity index (χ3v) is 4.81. The van der Waals surface area contributed by atoms with Crippen LogP contribution in [0.4, 0.5) is 4.39 Å². The van der Waals surface area contributed by atoms with Gasteiger partial charge in [0.25, 0.3) is 5.91 Å². The van der Waals surface area contributed by atoms with E-state index in [1.807, 2.05) is 6.07 Å². The van der Waals surface area contributed by atoms with Gasteiger partial charge in [-0.25, -0.2) is 9.18 Å². The summed E-state index contributed by atoms with van der Waals surface area (Å²) in [4.78, 5) is 24.7. The number of ether oxygens (including phenoxy) is 1. The lowest BCUT2D eigenvalue weighted by Crippen LogP contribution is -2.34. The summed E-state index contributed by atoms with van der Waals surface area (Å²) in [5.74, 6) is -1.46. The Balaban J connectivity index is 1.63. The summed E-state index contributed by atoms with van der Waals surface area (Å²) in [5, 5.41) is 3.07. The lowest BCUT2D eigenvalue weighted by Gasteiger charge is -2.21. The molecular formula is C22H19ClFNO3. The summed E-state index contributed by atoms with van der Waals surface area (Å²) >= 11 is 6.04. The molecule has 3 rings (SSSR count). The number of amides is 1. The van der Waals surface area contributed by atoms with Gasteiger partial charge in [0.1, 0.15) is 12.8 Å².